The van der Waals surface area contributed by atoms with Gasteiger partial charge in [0.15, 0.2) is 0 Å². The number of carbonyl (C=O) groups is 1. The van der Waals surface area contributed by atoms with Crippen LogP contribution in [0.2, 0.25) is 0 Å². The fraction of sp³-hybridized carbons (Fsp3) is 0.800. The molecule has 1 heterocycles. The number of hydrogen-bond acceptors (Lipinski definition) is 3. The van der Waals surface area contributed by atoms with Crippen molar-refractivity contribution in [3.05, 3.63) is 0 Å². The molecule has 0 aromatic carbocycles. The van der Waals surface area contributed by atoms with Gasteiger partial charge >= 0.3 is 6.09 Å². The van der Waals surface area contributed by atoms with E-state index in [0.29, 0.717) is 19.7 Å². The van der Waals surface area contributed by atoms with E-state index in [4.69, 9.17) is 9.47 Å². The summed E-state index contributed by atoms with van der Waals surface area (Å²) in [5.74, 6) is 5.82. The lowest BCUT2D eigenvalue weighted by Crippen LogP contribution is -2.39. The predicted molar refractivity (Wildman–Crippen MR) is 74.8 cm³/mol. The van der Waals surface area contributed by atoms with Crippen molar-refractivity contribution in [2.75, 3.05) is 19.7 Å². The average Bonchev–Trinajstić information content (AvgIpc) is 2.66. The zero-order chi connectivity index (χ0) is 14.5. The van der Waals surface area contributed by atoms with Gasteiger partial charge in [0.05, 0.1) is 18.8 Å². The van der Waals surface area contributed by atoms with E-state index in [0.717, 1.165) is 12.8 Å². The van der Waals surface area contributed by atoms with Crippen LogP contribution in [0, 0.1) is 11.8 Å². The smallest absolute Gasteiger partial charge is 0.410 e. The van der Waals surface area contributed by atoms with Crippen LogP contribution < -0.4 is 0 Å². The predicted octanol–water partition coefficient (Wildman–Crippen LogP) is 2.82. The van der Waals surface area contributed by atoms with Gasteiger partial charge in [-0.2, -0.15) is 0 Å². The summed E-state index contributed by atoms with van der Waals surface area (Å²) in [4.78, 5) is 13.7. The Bertz CT molecular complexity index is 375. The minimum absolute atomic E-state index is 0.256. The molecular weight excluding hydrogens is 242 g/mol. The van der Waals surface area contributed by atoms with E-state index in [-0.39, 0.29) is 11.7 Å². The monoisotopic (exact) mass is 267 g/mol. The molecule has 1 aliphatic heterocycles. The van der Waals surface area contributed by atoms with E-state index in [1.165, 1.54) is 0 Å². The first-order valence-electron chi connectivity index (χ1n) is 6.77. The van der Waals surface area contributed by atoms with Crippen molar-refractivity contribution < 1.29 is 14.3 Å². The maximum absolute atomic E-state index is 12.0. The van der Waals surface area contributed by atoms with Gasteiger partial charge in [0.2, 0.25) is 0 Å². The summed E-state index contributed by atoms with van der Waals surface area (Å²) in [5, 5.41) is 0. The van der Waals surface area contributed by atoms with E-state index in [9.17, 15) is 4.79 Å². The van der Waals surface area contributed by atoms with Crippen LogP contribution in [0.3, 0.4) is 0 Å². The summed E-state index contributed by atoms with van der Waals surface area (Å²) in [6.45, 7) is 11.4. The van der Waals surface area contributed by atoms with Gasteiger partial charge < -0.3 is 14.4 Å². The summed E-state index contributed by atoms with van der Waals surface area (Å²) in [6, 6.07) is 0. The van der Waals surface area contributed by atoms with Gasteiger partial charge in [-0.3, -0.25) is 0 Å². The summed E-state index contributed by atoms with van der Waals surface area (Å²) in [6.07, 6.45) is 1.32. The molecule has 4 nitrogen and oxygen atoms in total. The molecule has 0 N–H and O–H groups in total. The van der Waals surface area contributed by atoms with Crippen molar-refractivity contribution in [2.45, 2.75) is 58.7 Å². The van der Waals surface area contributed by atoms with Crippen molar-refractivity contribution >= 4 is 6.09 Å². The fourth-order valence-corrected chi connectivity index (χ4v) is 2.01. The van der Waals surface area contributed by atoms with E-state index >= 15 is 0 Å². The Hall–Kier alpha value is -1.21. The minimum atomic E-state index is -0.451. The number of likely N-dealkylation sites (tertiary alicyclic amines) is 1. The molecule has 0 spiro atoms. The molecule has 108 valence electrons. The van der Waals surface area contributed by atoms with E-state index in [1.807, 2.05) is 34.6 Å². The van der Waals surface area contributed by atoms with E-state index in [1.54, 1.807) is 4.90 Å². The van der Waals surface area contributed by atoms with Gasteiger partial charge in [0, 0.05) is 13.0 Å². The maximum atomic E-state index is 12.0. The van der Waals surface area contributed by atoms with Gasteiger partial charge in [-0.15, -0.1) is 11.8 Å². The van der Waals surface area contributed by atoms with E-state index in [2.05, 4.69) is 11.8 Å². The zero-order valence-electron chi connectivity index (χ0n) is 12.7. The summed E-state index contributed by atoms with van der Waals surface area (Å²) in [5.41, 5.74) is -0.722. The second-order valence-electron chi connectivity index (χ2n) is 6.13. The molecule has 0 aromatic heterocycles. The standard InChI is InChI=1S/C15H25NO3/c1-6-7-8-11-18-15(5)9-10-16(12-15)13(17)19-14(2,3)4/h8-12H2,1-5H3. The van der Waals surface area contributed by atoms with Crippen LogP contribution in [-0.2, 0) is 9.47 Å². The largest absolute Gasteiger partial charge is 0.444 e. The van der Waals surface area contributed by atoms with Gasteiger partial charge in [-0.25, -0.2) is 4.79 Å². The van der Waals surface area contributed by atoms with Crippen molar-refractivity contribution in [1.29, 1.82) is 0 Å². The first-order valence-corrected chi connectivity index (χ1v) is 6.77. The third-order valence-electron chi connectivity index (χ3n) is 2.94. The Morgan fingerprint density at radius 1 is 1.42 bits per heavy atom. The average molecular weight is 267 g/mol. The molecule has 4 heteroatoms. The number of rotatable bonds is 3. The van der Waals surface area contributed by atoms with Crippen LogP contribution in [0.15, 0.2) is 0 Å². The van der Waals surface area contributed by atoms with Crippen LogP contribution >= 0.6 is 0 Å². The van der Waals surface area contributed by atoms with Gasteiger partial charge in [-0.05, 0) is 41.0 Å². The van der Waals surface area contributed by atoms with Gasteiger partial charge in [0.25, 0.3) is 0 Å². The second kappa shape index (κ2) is 6.29. The minimum Gasteiger partial charge on any atom is -0.444 e. The van der Waals surface area contributed by atoms with Crippen molar-refractivity contribution in [1.82, 2.24) is 4.90 Å². The molecule has 1 atom stereocenters. The lowest BCUT2D eigenvalue weighted by molar-refractivity contribution is -0.0246. The number of nitrogens with zero attached hydrogens (tertiary/aromatic N) is 1. The Kier molecular flexibility index (Phi) is 5.25. The highest BCUT2D eigenvalue weighted by Crippen LogP contribution is 2.26. The number of ether oxygens (including phenoxy) is 2. The third kappa shape index (κ3) is 5.52. The normalized spacial score (nSPS) is 22.9. The fourth-order valence-electron chi connectivity index (χ4n) is 2.01. The molecular formula is C15H25NO3. The molecule has 1 saturated heterocycles. The van der Waals surface area contributed by atoms with Crippen molar-refractivity contribution in [2.24, 2.45) is 0 Å². The molecule has 0 aromatic rings. The first kappa shape index (κ1) is 15.8. The molecule has 1 rings (SSSR count). The quantitative estimate of drug-likeness (QED) is 0.583. The third-order valence-corrected chi connectivity index (χ3v) is 2.94. The summed E-state index contributed by atoms with van der Waals surface area (Å²) >= 11 is 0. The Balaban J connectivity index is 2.42. The topological polar surface area (TPSA) is 38.8 Å². The Labute approximate surface area is 116 Å². The second-order valence-corrected chi connectivity index (χ2v) is 6.13. The SMILES string of the molecule is CC#CCCOC1(C)CCN(C(=O)OC(C)(C)C)C1. The molecule has 1 amide bonds. The molecule has 0 radical (unpaired) electrons. The van der Waals surface area contributed by atoms with Crippen LogP contribution in [0.5, 0.6) is 0 Å². The summed E-state index contributed by atoms with van der Waals surface area (Å²) in [7, 11) is 0. The van der Waals surface area contributed by atoms with Crippen LogP contribution in [-0.4, -0.2) is 41.9 Å². The Morgan fingerprint density at radius 3 is 2.68 bits per heavy atom. The molecule has 1 aliphatic rings. The molecule has 0 aliphatic carbocycles. The zero-order valence-corrected chi connectivity index (χ0v) is 12.7. The van der Waals surface area contributed by atoms with Crippen LogP contribution in [0.25, 0.3) is 0 Å². The van der Waals surface area contributed by atoms with E-state index < -0.39 is 5.60 Å². The lowest BCUT2D eigenvalue weighted by atomic mass is 10.1. The Morgan fingerprint density at radius 2 is 2.11 bits per heavy atom. The number of hydrogen-bond donors (Lipinski definition) is 0. The molecule has 19 heavy (non-hydrogen) atoms. The molecule has 1 fully saturated rings. The first-order chi connectivity index (χ1) is 8.76. The molecule has 0 bridgehead atoms. The van der Waals surface area contributed by atoms with Crippen LogP contribution in [0.1, 0.15) is 47.5 Å². The lowest BCUT2D eigenvalue weighted by Gasteiger charge is -2.27. The number of carbonyl (C=O) groups excluding carboxylic acids is 1. The highest BCUT2D eigenvalue weighted by molar-refractivity contribution is 5.68. The number of amides is 1. The highest BCUT2D eigenvalue weighted by atomic mass is 16.6. The highest BCUT2D eigenvalue weighted by Gasteiger charge is 2.38. The van der Waals surface area contributed by atoms with Crippen molar-refractivity contribution in [3.8, 4) is 11.8 Å². The molecule has 0 saturated carbocycles. The maximum Gasteiger partial charge on any atom is 0.410 e. The summed E-state index contributed by atoms with van der Waals surface area (Å²) < 4.78 is 11.2. The molecule has 1 unspecified atom stereocenters. The van der Waals surface area contributed by atoms with Gasteiger partial charge in [0.1, 0.15) is 5.60 Å². The van der Waals surface area contributed by atoms with Crippen LogP contribution in [0.4, 0.5) is 4.79 Å². The van der Waals surface area contributed by atoms with Crippen molar-refractivity contribution in [3.63, 3.8) is 0 Å². The van der Waals surface area contributed by atoms with Gasteiger partial charge in [-0.1, -0.05) is 0 Å².